The smallest absolute Gasteiger partial charge is 0.220 e. The van der Waals surface area contributed by atoms with Crippen molar-refractivity contribution in [3.05, 3.63) is 0 Å². The molecule has 1 amide bonds. The van der Waals surface area contributed by atoms with Crippen molar-refractivity contribution in [3.63, 3.8) is 0 Å². The van der Waals surface area contributed by atoms with E-state index in [0.717, 1.165) is 19.3 Å². The van der Waals surface area contributed by atoms with E-state index in [1.54, 1.807) is 0 Å². The predicted molar refractivity (Wildman–Crippen MR) is 72.3 cm³/mol. The third-order valence-electron chi connectivity index (χ3n) is 5.19. The van der Waals surface area contributed by atoms with Gasteiger partial charge in [-0.05, 0) is 51.4 Å². The van der Waals surface area contributed by atoms with E-state index in [1.165, 1.54) is 38.5 Å². The Morgan fingerprint density at radius 2 is 1.83 bits per heavy atom. The molecule has 2 saturated heterocycles. The summed E-state index contributed by atoms with van der Waals surface area (Å²) in [5, 5.41) is 6.94. The molecule has 2 unspecified atom stereocenters. The average Bonchev–Trinajstić information content (AvgIpc) is 2.85. The fourth-order valence-corrected chi connectivity index (χ4v) is 4.27. The van der Waals surface area contributed by atoms with E-state index < -0.39 is 0 Å². The summed E-state index contributed by atoms with van der Waals surface area (Å²) in [5.41, 5.74) is 0.100. The molecule has 3 aliphatic rings. The van der Waals surface area contributed by atoms with Crippen molar-refractivity contribution in [3.8, 4) is 0 Å². The molecule has 0 aromatic rings. The van der Waals surface area contributed by atoms with Crippen molar-refractivity contribution < 1.29 is 4.79 Å². The number of piperidine rings is 1. The molecule has 3 rings (SSSR count). The molecule has 2 atom stereocenters. The minimum atomic E-state index is 0.100. The van der Waals surface area contributed by atoms with Crippen LogP contribution in [0.3, 0.4) is 0 Å². The molecule has 1 saturated carbocycles. The molecule has 0 radical (unpaired) electrons. The van der Waals surface area contributed by atoms with Gasteiger partial charge in [-0.1, -0.05) is 12.8 Å². The largest absolute Gasteiger partial charge is 0.351 e. The van der Waals surface area contributed by atoms with Gasteiger partial charge in [0.25, 0.3) is 0 Å². The van der Waals surface area contributed by atoms with Crippen LogP contribution in [-0.4, -0.2) is 23.5 Å². The highest BCUT2D eigenvalue weighted by Gasteiger charge is 2.35. The number of hydrogen-bond donors (Lipinski definition) is 2. The summed E-state index contributed by atoms with van der Waals surface area (Å²) in [6.07, 6.45) is 10.7. The van der Waals surface area contributed by atoms with Crippen molar-refractivity contribution in [1.29, 1.82) is 0 Å². The molecular formula is C15H26N2O. The van der Waals surface area contributed by atoms with E-state index in [0.29, 0.717) is 23.9 Å². The van der Waals surface area contributed by atoms with Gasteiger partial charge in [-0.15, -0.1) is 0 Å². The van der Waals surface area contributed by atoms with Crippen LogP contribution in [0.1, 0.15) is 64.7 Å². The van der Waals surface area contributed by atoms with Gasteiger partial charge in [0.1, 0.15) is 0 Å². The van der Waals surface area contributed by atoms with Crippen LogP contribution in [-0.2, 0) is 4.79 Å². The lowest BCUT2D eigenvalue weighted by atomic mass is 9.89. The molecule has 3 fully saturated rings. The zero-order chi connectivity index (χ0) is 12.6. The summed E-state index contributed by atoms with van der Waals surface area (Å²) in [6, 6.07) is 1.40. The average molecular weight is 250 g/mol. The normalized spacial score (nSPS) is 37.7. The predicted octanol–water partition coefficient (Wildman–Crippen LogP) is 2.36. The molecule has 2 heterocycles. The third kappa shape index (κ3) is 2.71. The summed E-state index contributed by atoms with van der Waals surface area (Å²) in [4.78, 5) is 12.2. The number of nitrogens with one attached hydrogen (secondary N) is 2. The number of hydrogen-bond acceptors (Lipinski definition) is 2. The van der Waals surface area contributed by atoms with Crippen molar-refractivity contribution in [2.24, 2.45) is 5.92 Å². The van der Waals surface area contributed by atoms with Crippen LogP contribution >= 0.6 is 0 Å². The first-order chi connectivity index (χ1) is 8.63. The summed E-state index contributed by atoms with van der Waals surface area (Å²) in [5.74, 6) is 0.916. The van der Waals surface area contributed by atoms with Crippen LogP contribution in [0.4, 0.5) is 0 Å². The Bertz CT molecular complexity index is 310. The first-order valence-corrected chi connectivity index (χ1v) is 7.70. The molecule has 18 heavy (non-hydrogen) atoms. The van der Waals surface area contributed by atoms with Crippen LogP contribution in [0.25, 0.3) is 0 Å². The van der Waals surface area contributed by atoms with Crippen LogP contribution in [0, 0.1) is 5.92 Å². The van der Waals surface area contributed by atoms with Gasteiger partial charge in [0, 0.05) is 24.0 Å². The second-order valence-corrected chi connectivity index (χ2v) is 7.00. The van der Waals surface area contributed by atoms with E-state index in [1.807, 2.05) is 0 Å². The summed E-state index contributed by atoms with van der Waals surface area (Å²) in [7, 11) is 0. The van der Waals surface area contributed by atoms with Crippen molar-refractivity contribution in [2.75, 3.05) is 0 Å². The maximum atomic E-state index is 12.2. The fraction of sp³-hybridized carbons (Fsp3) is 0.933. The monoisotopic (exact) mass is 250 g/mol. The second-order valence-electron chi connectivity index (χ2n) is 7.00. The Morgan fingerprint density at radius 1 is 1.22 bits per heavy atom. The van der Waals surface area contributed by atoms with Crippen molar-refractivity contribution in [2.45, 2.75) is 82.3 Å². The Labute approximate surface area is 110 Å². The minimum Gasteiger partial charge on any atom is -0.351 e. The molecule has 2 bridgehead atoms. The molecule has 0 aromatic carbocycles. The summed E-state index contributed by atoms with van der Waals surface area (Å²) in [6.45, 7) is 2.21. The summed E-state index contributed by atoms with van der Waals surface area (Å²) < 4.78 is 0. The van der Waals surface area contributed by atoms with Gasteiger partial charge in [0.2, 0.25) is 5.91 Å². The third-order valence-corrected chi connectivity index (χ3v) is 5.19. The van der Waals surface area contributed by atoms with Gasteiger partial charge in [-0.2, -0.15) is 0 Å². The molecular weight excluding hydrogens is 224 g/mol. The van der Waals surface area contributed by atoms with Gasteiger partial charge in [-0.3, -0.25) is 4.79 Å². The highest BCUT2D eigenvalue weighted by Crippen LogP contribution is 2.33. The molecule has 0 spiro atoms. The zero-order valence-electron chi connectivity index (χ0n) is 11.5. The SMILES string of the molecule is CC1(NC(=O)CC2CC3CCC(C2)N3)CCCC1. The quantitative estimate of drug-likeness (QED) is 0.807. The Balaban J connectivity index is 1.49. The number of fused-ring (bicyclic) bond motifs is 2. The lowest BCUT2D eigenvalue weighted by Crippen LogP contribution is -2.45. The van der Waals surface area contributed by atoms with Gasteiger partial charge < -0.3 is 10.6 Å². The second kappa shape index (κ2) is 4.84. The fourth-order valence-electron chi connectivity index (χ4n) is 4.27. The molecule has 2 N–H and O–H groups in total. The number of carbonyl (C=O) groups is 1. The highest BCUT2D eigenvalue weighted by atomic mass is 16.1. The van der Waals surface area contributed by atoms with Crippen molar-refractivity contribution >= 4 is 5.91 Å². The molecule has 3 heteroatoms. The minimum absolute atomic E-state index is 0.100. The topological polar surface area (TPSA) is 41.1 Å². The number of rotatable bonds is 3. The zero-order valence-corrected chi connectivity index (χ0v) is 11.5. The number of carbonyl (C=O) groups excluding carboxylic acids is 1. The Morgan fingerprint density at radius 3 is 2.44 bits per heavy atom. The summed E-state index contributed by atoms with van der Waals surface area (Å²) >= 11 is 0. The standard InChI is InChI=1S/C15H26N2O/c1-15(6-2-3-7-15)17-14(18)10-11-8-12-4-5-13(9-11)16-12/h11-13,16H,2-10H2,1H3,(H,17,18). The van der Waals surface area contributed by atoms with E-state index in [4.69, 9.17) is 0 Å². The molecule has 3 nitrogen and oxygen atoms in total. The van der Waals surface area contributed by atoms with Gasteiger partial charge in [0.15, 0.2) is 0 Å². The van der Waals surface area contributed by atoms with Crippen LogP contribution < -0.4 is 10.6 Å². The Kier molecular flexibility index (Phi) is 3.35. The van der Waals surface area contributed by atoms with Crippen LogP contribution in [0.2, 0.25) is 0 Å². The highest BCUT2D eigenvalue weighted by molar-refractivity contribution is 5.77. The first kappa shape index (κ1) is 12.5. The van der Waals surface area contributed by atoms with E-state index in [-0.39, 0.29) is 5.54 Å². The lowest BCUT2D eigenvalue weighted by Gasteiger charge is -2.31. The van der Waals surface area contributed by atoms with Gasteiger partial charge >= 0.3 is 0 Å². The molecule has 2 aliphatic heterocycles. The maximum absolute atomic E-state index is 12.2. The molecule has 102 valence electrons. The van der Waals surface area contributed by atoms with Gasteiger partial charge in [-0.25, -0.2) is 0 Å². The van der Waals surface area contributed by atoms with E-state index in [2.05, 4.69) is 17.6 Å². The van der Waals surface area contributed by atoms with E-state index >= 15 is 0 Å². The van der Waals surface area contributed by atoms with Crippen LogP contribution in [0.15, 0.2) is 0 Å². The Hall–Kier alpha value is -0.570. The molecule has 1 aliphatic carbocycles. The van der Waals surface area contributed by atoms with Crippen LogP contribution in [0.5, 0.6) is 0 Å². The van der Waals surface area contributed by atoms with E-state index in [9.17, 15) is 4.79 Å². The molecule has 0 aromatic heterocycles. The van der Waals surface area contributed by atoms with Gasteiger partial charge in [0.05, 0.1) is 0 Å². The first-order valence-electron chi connectivity index (χ1n) is 7.70. The number of amides is 1. The maximum Gasteiger partial charge on any atom is 0.220 e. The lowest BCUT2D eigenvalue weighted by molar-refractivity contribution is -0.124. The van der Waals surface area contributed by atoms with Crippen molar-refractivity contribution in [1.82, 2.24) is 10.6 Å².